The van der Waals surface area contributed by atoms with E-state index in [1.807, 2.05) is 0 Å². The standard InChI is InChI=1S/C12H18/c1-2-3-4-6-9-12-10-7-5-8-11-12/h4-8,10,12H,2-3,9,11H2,1H3/b6-4-. The molecule has 1 unspecified atom stereocenters. The fourth-order valence-electron chi connectivity index (χ4n) is 1.36. The molecule has 0 amide bonds. The molecule has 0 spiro atoms. The van der Waals surface area contributed by atoms with Gasteiger partial charge in [0.15, 0.2) is 0 Å². The van der Waals surface area contributed by atoms with Gasteiger partial charge in [-0.2, -0.15) is 0 Å². The molecule has 1 aliphatic carbocycles. The highest BCUT2D eigenvalue weighted by molar-refractivity contribution is 5.11. The molecule has 0 saturated carbocycles. The van der Waals surface area contributed by atoms with Crippen molar-refractivity contribution in [3.8, 4) is 0 Å². The molecule has 0 N–H and O–H groups in total. The summed E-state index contributed by atoms with van der Waals surface area (Å²) in [6.45, 7) is 2.22. The van der Waals surface area contributed by atoms with Crippen LogP contribution in [0.25, 0.3) is 0 Å². The molecular formula is C12H18. The second-order valence-electron chi connectivity index (χ2n) is 3.30. The number of hydrogen-bond acceptors (Lipinski definition) is 0. The van der Waals surface area contributed by atoms with E-state index < -0.39 is 0 Å². The van der Waals surface area contributed by atoms with Crippen LogP contribution in [0, 0.1) is 5.92 Å². The lowest BCUT2D eigenvalue weighted by atomic mass is 9.97. The maximum absolute atomic E-state index is 2.32. The summed E-state index contributed by atoms with van der Waals surface area (Å²) in [6, 6.07) is 0. The van der Waals surface area contributed by atoms with Crippen molar-refractivity contribution in [1.82, 2.24) is 0 Å². The van der Waals surface area contributed by atoms with Gasteiger partial charge < -0.3 is 0 Å². The van der Waals surface area contributed by atoms with Crippen molar-refractivity contribution >= 4 is 0 Å². The summed E-state index contributed by atoms with van der Waals surface area (Å²) < 4.78 is 0. The Kier molecular flexibility index (Phi) is 4.51. The summed E-state index contributed by atoms with van der Waals surface area (Å²) in [5, 5.41) is 0. The van der Waals surface area contributed by atoms with Crippen LogP contribution in [0.1, 0.15) is 32.6 Å². The molecule has 1 aliphatic rings. The van der Waals surface area contributed by atoms with Crippen molar-refractivity contribution < 1.29 is 0 Å². The molecule has 0 aromatic rings. The van der Waals surface area contributed by atoms with Crippen molar-refractivity contribution in [2.45, 2.75) is 32.6 Å². The van der Waals surface area contributed by atoms with Gasteiger partial charge in [0.1, 0.15) is 0 Å². The first kappa shape index (κ1) is 9.31. The molecule has 0 fully saturated rings. The van der Waals surface area contributed by atoms with E-state index in [0.29, 0.717) is 0 Å². The molecule has 1 atom stereocenters. The molecule has 0 heteroatoms. The van der Waals surface area contributed by atoms with Crippen LogP contribution in [0.5, 0.6) is 0 Å². The molecular weight excluding hydrogens is 144 g/mol. The van der Waals surface area contributed by atoms with Crippen molar-refractivity contribution in [2.24, 2.45) is 5.92 Å². The zero-order valence-electron chi connectivity index (χ0n) is 7.87. The van der Waals surface area contributed by atoms with Gasteiger partial charge in [0.2, 0.25) is 0 Å². The minimum Gasteiger partial charge on any atom is -0.0885 e. The second kappa shape index (κ2) is 5.82. The highest BCUT2D eigenvalue weighted by Crippen LogP contribution is 2.15. The van der Waals surface area contributed by atoms with Gasteiger partial charge in [0, 0.05) is 0 Å². The lowest BCUT2D eigenvalue weighted by Gasteiger charge is -2.08. The number of rotatable bonds is 4. The van der Waals surface area contributed by atoms with E-state index in [4.69, 9.17) is 0 Å². The topological polar surface area (TPSA) is 0 Å². The minimum absolute atomic E-state index is 0.753. The van der Waals surface area contributed by atoms with Crippen LogP contribution >= 0.6 is 0 Å². The first-order valence-corrected chi connectivity index (χ1v) is 4.92. The number of unbranched alkanes of at least 4 members (excludes halogenated alkanes) is 1. The molecule has 0 radical (unpaired) electrons. The van der Waals surface area contributed by atoms with Crippen LogP contribution < -0.4 is 0 Å². The van der Waals surface area contributed by atoms with E-state index in [2.05, 4.69) is 43.4 Å². The molecule has 0 aromatic heterocycles. The predicted octanol–water partition coefficient (Wildman–Crippen LogP) is 3.87. The van der Waals surface area contributed by atoms with Crippen LogP contribution in [-0.2, 0) is 0 Å². The van der Waals surface area contributed by atoms with Crippen LogP contribution in [-0.4, -0.2) is 0 Å². The van der Waals surface area contributed by atoms with Gasteiger partial charge in [0.05, 0.1) is 0 Å². The Labute approximate surface area is 75.7 Å². The van der Waals surface area contributed by atoms with Crippen LogP contribution in [0.4, 0.5) is 0 Å². The monoisotopic (exact) mass is 162 g/mol. The lowest BCUT2D eigenvalue weighted by Crippen LogP contribution is -1.94. The molecule has 0 aromatic carbocycles. The molecule has 66 valence electrons. The second-order valence-corrected chi connectivity index (χ2v) is 3.30. The zero-order valence-corrected chi connectivity index (χ0v) is 7.87. The number of allylic oxidation sites excluding steroid dienone is 6. The summed E-state index contributed by atoms with van der Waals surface area (Å²) in [7, 11) is 0. The first-order chi connectivity index (χ1) is 5.93. The summed E-state index contributed by atoms with van der Waals surface area (Å²) in [5.74, 6) is 0.753. The normalized spacial score (nSPS) is 22.2. The predicted molar refractivity (Wildman–Crippen MR) is 55.1 cm³/mol. The molecule has 1 rings (SSSR count). The van der Waals surface area contributed by atoms with Gasteiger partial charge in [-0.05, 0) is 25.2 Å². The van der Waals surface area contributed by atoms with E-state index in [9.17, 15) is 0 Å². The Bertz CT molecular complexity index is 184. The highest BCUT2D eigenvalue weighted by Gasteiger charge is 2.01. The van der Waals surface area contributed by atoms with E-state index in [1.54, 1.807) is 0 Å². The fraction of sp³-hybridized carbons (Fsp3) is 0.500. The van der Waals surface area contributed by atoms with Crippen molar-refractivity contribution in [2.75, 3.05) is 0 Å². The first-order valence-electron chi connectivity index (χ1n) is 4.92. The van der Waals surface area contributed by atoms with Gasteiger partial charge in [-0.1, -0.05) is 49.8 Å². The van der Waals surface area contributed by atoms with Gasteiger partial charge >= 0.3 is 0 Å². The minimum atomic E-state index is 0.753. The Morgan fingerprint density at radius 3 is 2.92 bits per heavy atom. The fourth-order valence-corrected chi connectivity index (χ4v) is 1.36. The maximum atomic E-state index is 2.32. The van der Waals surface area contributed by atoms with Crippen LogP contribution in [0.15, 0.2) is 36.5 Å². The van der Waals surface area contributed by atoms with Crippen LogP contribution in [0.3, 0.4) is 0 Å². The zero-order chi connectivity index (χ0) is 8.65. The quantitative estimate of drug-likeness (QED) is 0.550. The Hall–Kier alpha value is -0.780. The smallest absolute Gasteiger partial charge is 0.0161 e. The lowest BCUT2D eigenvalue weighted by molar-refractivity contribution is 0.667. The average molecular weight is 162 g/mol. The molecule has 12 heavy (non-hydrogen) atoms. The van der Waals surface area contributed by atoms with E-state index in [0.717, 1.165) is 5.92 Å². The number of hydrogen-bond donors (Lipinski definition) is 0. The SMILES string of the molecule is CCC/C=C\CC1C=CC=CC1. The summed E-state index contributed by atoms with van der Waals surface area (Å²) in [6.07, 6.45) is 18.4. The Balaban J connectivity index is 2.15. The highest BCUT2D eigenvalue weighted by atomic mass is 14.1. The Morgan fingerprint density at radius 2 is 2.25 bits per heavy atom. The molecule has 0 heterocycles. The summed E-state index contributed by atoms with van der Waals surface area (Å²) >= 11 is 0. The Morgan fingerprint density at radius 1 is 1.33 bits per heavy atom. The van der Waals surface area contributed by atoms with Gasteiger partial charge in [-0.25, -0.2) is 0 Å². The summed E-state index contributed by atoms with van der Waals surface area (Å²) in [5.41, 5.74) is 0. The molecule has 0 bridgehead atoms. The van der Waals surface area contributed by atoms with Gasteiger partial charge in [-0.3, -0.25) is 0 Å². The van der Waals surface area contributed by atoms with E-state index >= 15 is 0 Å². The third-order valence-electron chi connectivity index (χ3n) is 2.13. The van der Waals surface area contributed by atoms with Crippen LogP contribution in [0.2, 0.25) is 0 Å². The maximum Gasteiger partial charge on any atom is -0.0161 e. The van der Waals surface area contributed by atoms with Crippen molar-refractivity contribution in [3.05, 3.63) is 36.5 Å². The van der Waals surface area contributed by atoms with Crippen molar-refractivity contribution in [3.63, 3.8) is 0 Å². The largest absolute Gasteiger partial charge is 0.0885 e. The molecule has 0 aliphatic heterocycles. The van der Waals surface area contributed by atoms with E-state index in [-0.39, 0.29) is 0 Å². The summed E-state index contributed by atoms with van der Waals surface area (Å²) in [4.78, 5) is 0. The van der Waals surface area contributed by atoms with Gasteiger partial charge in [0.25, 0.3) is 0 Å². The van der Waals surface area contributed by atoms with Gasteiger partial charge in [-0.15, -0.1) is 0 Å². The molecule has 0 saturated heterocycles. The third kappa shape index (κ3) is 3.56. The third-order valence-corrected chi connectivity index (χ3v) is 2.13. The van der Waals surface area contributed by atoms with E-state index in [1.165, 1.54) is 25.7 Å². The average Bonchev–Trinajstić information content (AvgIpc) is 2.14. The molecule has 0 nitrogen and oxygen atoms in total. The van der Waals surface area contributed by atoms with Crippen molar-refractivity contribution in [1.29, 1.82) is 0 Å².